The van der Waals surface area contributed by atoms with Gasteiger partial charge in [-0.15, -0.1) is 0 Å². The van der Waals surface area contributed by atoms with Crippen molar-refractivity contribution in [3.05, 3.63) is 0 Å². The molecule has 2 N–H and O–H groups in total. The monoisotopic (exact) mass is 288 g/mol. The molecule has 1 saturated heterocycles. The van der Waals surface area contributed by atoms with Gasteiger partial charge in [0, 0.05) is 26.6 Å². The summed E-state index contributed by atoms with van der Waals surface area (Å²) in [7, 11) is 1.48. The molecule has 8 nitrogen and oxygen atoms in total. The van der Waals surface area contributed by atoms with Gasteiger partial charge in [-0.05, 0) is 6.92 Å². The predicted octanol–water partition coefficient (Wildman–Crippen LogP) is -0.489. The van der Waals surface area contributed by atoms with Crippen molar-refractivity contribution >= 4 is 18.0 Å². The molecule has 1 aliphatic rings. The van der Waals surface area contributed by atoms with Crippen LogP contribution in [0, 0.1) is 0 Å². The Bertz CT molecular complexity index is 386. The molecule has 8 heteroatoms. The number of hydrogen-bond acceptors (Lipinski definition) is 5. The third-order valence-electron chi connectivity index (χ3n) is 3.09. The number of aliphatic hydroxyl groups excluding tert-OH is 1. The highest BCUT2D eigenvalue weighted by molar-refractivity contribution is 5.83. The molecular weight excluding hydrogens is 268 g/mol. The number of aliphatic hydroxyl groups is 1. The summed E-state index contributed by atoms with van der Waals surface area (Å²) in [4.78, 5) is 36.7. The van der Waals surface area contributed by atoms with Gasteiger partial charge < -0.3 is 24.7 Å². The number of amides is 2. The van der Waals surface area contributed by atoms with Crippen molar-refractivity contribution in [1.82, 2.24) is 9.80 Å². The van der Waals surface area contributed by atoms with E-state index in [9.17, 15) is 19.5 Å². The molecule has 2 amide bonds. The number of aliphatic carboxylic acids is 1. The van der Waals surface area contributed by atoms with Crippen LogP contribution in [0.25, 0.3) is 0 Å². The predicted molar refractivity (Wildman–Crippen MR) is 68.0 cm³/mol. The number of rotatable bonds is 5. The Balaban J connectivity index is 2.55. The molecule has 0 aromatic heterocycles. The number of β-amino-alcohol motifs (C(OH)–C–C–N with tert-alkyl or cyclic N) is 1. The van der Waals surface area contributed by atoms with Gasteiger partial charge in [0.25, 0.3) is 0 Å². The van der Waals surface area contributed by atoms with Crippen molar-refractivity contribution in [2.24, 2.45) is 0 Å². The fourth-order valence-electron chi connectivity index (χ4n) is 2.07. The van der Waals surface area contributed by atoms with Crippen LogP contribution in [-0.2, 0) is 14.3 Å². The second kappa shape index (κ2) is 7.09. The Morgan fingerprint density at radius 3 is 2.60 bits per heavy atom. The van der Waals surface area contributed by atoms with Gasteiger partial charge in [0.2, 0.25) is 0 Å². The Labute approximate surface area is 116 Å². The second-order valence-corrected chi connectivity index (χ2v) is 4.66. The average Bonchev–Trinajstić information content (AvgIpc) is 2.77. The molecule has 1 rings (SSSR count). The average molecular weight is 288 g/mol. The van der Waals surface area contributed by atoms with Crippen LogP contribution in [0.4, 0.5) is 4.79 Å². The SMILES string of the molecule is CCOC(=O)CCN(C)C(=O)N1CC(O)C[C@H]1C(=O)O. The summed E-state index contributed by atoms with van der Waals surface area (Å²) >= 11 is 0. The second-order valence-electron chi connectivity index (χ2n) is 4.66. The van der Waals surface area contributed by atoms with E-state index < -0.39 is 30.1 Å². The Hall–Kier alpha value is -1.83. The number of hydrogen-bond donors (Lipinski definition) is 2. The first-order valence-corrected chi connectivity index (χ1v) is 6.45. The van der Waals surface area contributed by atoms with Gasteiger partial charge in [-0.2, -0.15) is 0 Å². The van der Waals surface area contributed by atoms with E-state index in [4.69, 9.17) is 9.84 Å². The number of carboxylic acids is 1. The van der Waals surface area contributed by atoms with Crippen LogP contribution in [0.3, 0.4) is 0 Å². The van der Waals surface area contributed by atoms with E-state index in [2.05, 4.69) is 0 Å². The molecule has 20 heavy (non-hydrogen) atoms. The molecule has 1 fully saturated rings. The first-order chi connectivity index (χ1) is 9.36. The quantitative estimate of drug-likeness (QED) is 0.661. The van der Waals surface area contributed by atoms with Gasteiger partial charge in [-0.1, -0.05) is 0 Å². The molecule has 1 aliphatic heterocycles. The fourth-order valence-corrected chi connectivity index (χ4v) is 2.07. The summed E-state index contributed by atoms with van der Waals surface area (Å²) in [6.07, 6.45) is -0.768. The van der Waals surface area contributed by atoms with Crippen molar-refractivity contribution in [1.29, 1.82) is 0 Å². The largest absolute Gasteiger partial charge is 0.480 e. The molecule has 0 aromatic carbocycles. The molecule has 1 heterocycles. The Morgan fingerprint density at radius 2 is 2.05 bits per heavy atom. The maximum atomic E-state index is 12.1. The van der Waals surface area contributed by atoms with E-state index in [1.807, 2.05) is 0 Å². The van der Waals surface area contributed by atoms with Gasteiger partial charge in [0.05, 0.1) is 19.1 Å². The minimum atomic E-state index is -1.14. The van der Waals surface area contributed by atoms with E-state index in [0.29, 0.717) is 0 Å². The van der Waals surface area contributed by atoms with Crippen molar-refractivity contribution in [3.8, 4) is 0 Å². The number of carboxylic acid groups (broad SMARTS) is 1. The number of esters is 1. The zero-order valence-corrected chi connectivity index (χ0v) is 11.6. The normalized spacial score (nSPS) is 21.6. The highest BCUT2D eigenvalue weighted by Crippen LogP contribution is 2.19. The maximum absolute atomic E-state index is 12.1. The minimum Gasteiger partial charge on any atom is -0.480 e. The molecule has 0 spiro atoms. The lowest BCUT2D eigenvalue weighted by atomic mass is 10.2. The fraction of sp³-hybridized carbons (Fsp3) is 0.750. The summed E-state index contributed by atoms with van der Waals surface area (Å²) in [5, 5.41) is 18.5. The lowest BCUT2D eigenvalue weighted by Gasteiger charge is -2.27. The highest BCUT2D eigenvalue weighted by atomic mass is 16.5. The van der Waals surface area contributed by atoms with E-state index >= 15 is 0 Å². The van der Waals surface area contributed by atoms with Crippen LogP contribution in [-0.4, -0.2) is 76.9 Å². The van der Waals surface area contributed by atoms with Gasteiger partial charge in [0.15, 0.2) is 0 Å². The summed E-state index contributed by atoms with van der Waals surface area (Å²) in [6, 6.07) is -1.54. The Kier molecular flexibility index (Phi) is 5.75. The number of likely N-dealkylation sites (tertiary alicyclic amines) is 1. The van der Waals surface area contributed by atoms with Crippen molar-refractivity contribution in [3.63, 3.8) is 0 Å². The molecule has 2 atom stereocenters. The van der Waals surface area contributed by atoms with E-state index in [0.717, 1.165) is 4.90 Å². The molecule has 0 aliphatic carbocycles. The summed E-state index contributed by atoms with van der Waals surface area (Å²) in [5.41, 5.74) is 0. The first kappa shape index (κ1) is 16.2. The van der Waals surface area contributed by atoms with E-state index in [-0.39, 0.29) is 32.5 Å². The van der Waals surface area contributed by atoms with E-state index in [1.165, 1.54) is 11.9 Å². The Morgan fingerprint density at radius 1 is 1.40 bits per heavy atom. The van der Waals surface area contributed by atoms with Crippen molar-refractivity contribution in [2.45, 2.75) is 31.9 Å². The summed E-state index contributed by atoms with van der Waals surface area (Å²) < 4.78 is 4.75. The van der Waals surface area contributed by atoms with Gasteiger partial charge in [-0.25, -0.2) is 9.59 Å². The summed E-state index contributed by atoms with van der Waals surface area (Å²) in [5.74, 6) is -1.56. The maximum Gasteiger partial charge on any atom is 0.326 e. The van der Waals surface area contributed by atoms with Crippen LogP contribution in [0.2, 0.25) is 0 Å². The molecule has 0 saturated carbocycles. The van der Waals surface area contributed by atoms with Crippen LogP contribution in [0.5, 0.6) is 0 Å². The standard InChI is InChI=1S/C12H20N2O6/c1-3-20-10(16)4-5-13(2)12(19)14-7-8(15)6-9(14)11(17)18/h8-9,15H,3-7H2,1-2H3,(H,17,18)/t8?,9-/m0/s1. The first-order valence-electron chi connectivity index (χ1n) is 6.45. The third kappa shape index (κ3) is 4.09. The number of urea groups is 1. The molecule has 114 valence electrons. The number of carbonyl (C=O) groups is 3. The molecule has 1 unspecified atom stereocenters. The highest BCUT2D eigenvalue weighted by Gasteiger charge is 2.40. The van der Waals surface area contributed by atoms with Crippen LogP contribution >= 0.6 is 0 Å². The number of carbonyl (C=O) groups excluding carboxylic acids is 2. The van der Waals surface area contributed by atoms with Crippen LogP contribution in [0.15, 0.2) is 0 Å². The molecule has 0 bridgehead atoms. The lowest BCUT2D eigenvalue weighted by molar-refractivity contribution is -0.144. The van der Waals surface area contributed by atoms with Gasteiger partial charge >= 0.3 is 18.0 Å². The molecule has 0 aromatic rings. The zero-order valence-electron chi connectivity index (χ0n) is 11.6. The van der Waals surface area contributed by atoms with Crippen LogP contribution < -0.4 is 0 Å². The summed E-state index contributed by atoms with van der Waals surface area (Å²) in [6.45, 7) is 2.09. The topological polar surface area (TPSA) is 107 Å². The third-order valence-corrected chi connectivity index (χ3v) is 3.09. The number of ether oxygens (including phenoxy) is 1. The number of nitrogens with zero attached hydrogens (tertiary/aromatic N) is 2. The van der Waals surface area contributed by atoms with Crippen molar-refractivity contribution < 1.29 is 29.3 Å². The van der Waals surface area contributed by atoms with Gasteiger partial charge in [-0.3, -0.25) is 4.79 Å². The zero-order chi connectivity index (χ0) is 15.3. The smallest absolute Gasteiger partial charge is 0.326 e. The lowest BCUT2D eigenvalue weighted by Crippen LogP contribution is -2.47. The molecular formula is C12H20N2O6. The van der Waals surface area contributed by atoms with Crippen molar-refractivity contribution in [2.75, 3.05) is 26.7 Å². The van der Waals surface area contributed by atoms with Crippen LogP contribution in [0.1, 0.15) is 19.8 Å². The van der Waals surface area contributed by atoms with Gasteiger partial charge in [0.1, 0.15) is 6.04 Å². The van der Waals surface area contributed by atoms with E-state index in [1.54, 1.807) is 6.92 Å². The minimum absolute atomic E-state index is 0.0143. The molecule has 0 radical (unpaired) electrons.